The van der Waals surface area contributed by atoms with Gasteiger partial charge in [0.15, 0.2) is 4.34 Å². The normalized spacial score (nSPS) is 14.9. The third-order valence-corrected chi connectivity index (χ3v) is 9.18. The Hall–Kier alpha value is -1.98. The molecule has 0 unspecified atom stereocenters. The maximum atomic E-state index is 12.7. The summed E-state index contributed by atoms with van der Waals surface area (Å²) in [5, 5.41) is 11.9. The van der Waals surface area contributed by atoms with Crippen LogP contribution in [0.15, 0.2) is 57.8 Å². The molecule has 0 bridgehead atoms. The first-order valence-corrected chi connectivity index (χ1v) is 13.7. The molecule has 1 aliphatic heterocycles. The highest BCUT2D eigenvalue weighted by atomic mass is 35.5. The van der Waals surface area contributed by atoms with Gasteiger partial charge in [-0.25, -0.2) is 8.42 Å². The van der Waals surface area contributed by atoms with E-state index in [1.54, 1.807) is 0 Å². The minimum absolute atomic E-state index is 0.202. The van der Waals surface area contributed by atoms with E-state index < -0.39 is 10.0 Å². The fourth-order valence-corrected chi connectivity index (χ4v) is 6.59. The highest BCUT2D eigenvalue weighted by Crippen LogP contribution is 2.29. The van der Waals surface area contributed by atoms with Gasteiger partial charge in [-0.2, -0.15) is 4.31 Å². The smallest absolute Gasteiger partial charge is 0.257 e. The topological polar surface area (TPSA) is 92.3 Å². The molecular formula is C21H21ClN4O3S3. The molecule has 3 aromatic rings. The quantitative estimate of drug-likeness (QED) is 0.360. The van der Waals surface area contributed by atoms with E-state index >= 15 is 0 Å². The molecule has 1 N–H and O–H groups in total. The Balaban J connectivity index is 1.35. The number of aromatic nitrogens is 2. The number of carbonyl (C=O) groups is 1. The minimum atomic E-state index is -3.52. The third kappa shape index (κ3) is 5.68. The summed E-state index contributed by atoms with van der Waals surface area (Å²) in [6.07, 6.45) is 2.81. The van der Waals surface area contributed by atoms with Crippen LogP contribution in [0, 0.1) is 0 Å². The average Bonchev–Trinajstić information content (AvgIpc) is 3.26. The van der Waals surface area contributed by atoms with Crippen LogP contribution in [-0.4, -0.2) is 41.9 Å². The lowest BCUT2D eigenvalue weighted by Gasteiger charge is -2.25. The summed E-state index contributed by atoms with van der Waals surface area (Å²) in [5.74, 6) is 0.351. The van der Waals surface area contributed by atoms with Crippen LogP contribution in [0.2, 0.25) is 5.02 Å². The predicted molar refractivity (Wildman–Crippen MR) is 128 cm³/mol. The molecule has 0 aliphatic carbocycles. The molecule has 168 valence electrons. The number of hydrogen-bond acceptors (Lipinski definition) is 7. The van der Waals surface area contributed by atoms with Crippen molar-refractivity contribution in [2.75, 3.05) is 18.4 Å². The predicted octanol–water partition coefficient (Wildman–Crippen LogP) is 4.91. The number of sulfonamides is 1. The Morgan fingerprint density at radius 1 is 1.03 bits per heavy atom. The first kappa shape index (κ1) is 23.2. The van der Waals surface area contributed by atoms with Gasteiger partial charge in [0.05, 0.1) is 4.90 Å². The van der Waals surface area contributed by atoms with E-state index in [4.69, 9.17) is 11.6 Å². The zero-order valence-corrected chi connectivity index (χ0v) is 20.2. The second-order valence-corrected chi connectivity index (χ2v) is 11.8. The van der Waals surface area contributed by atoms with Crippen molar-refractivity contribution in [1.82, 2.24) is 14.5 Å². The zero-order chi connectivity index (χ0) is 22.6. The molecule has 0 radical (unpaired) electrons. The number of hydrogen-bond donors (Lipinski definition) is 1. The minimum Gasteiger partial charge on any atom is -0.296 e. The SMILES string of the molecule is O=C(Nc1nnc(SCc2ccc(Cl)cc2)s1)c1ccc(S(=O)(=O)N2CCCCC2)cc1. The van der Waals surface area contributed by atoms with Crippen LogP contribution >= 0.6 is 34.7 Å². The third-order valence-electron chi connectivity index (χ3n) is 4.97. The summed E-state index contributed by atoms with van der Waals surface area (Å²) in [4.78, 5) is 12.7. The molecule has 2 heterocycles. The van der Waals surface area contributed by atoms with Crippen LogP contribution in [0.5, 0.6) is 0 Å². The molecule has 1 amide bonds. The molecule has 0 spiro atoms. The van der Waals surface area contributed by atoms with Crippen molar-refractivity contribution < 1.29 is 13.2 Å². The molecule has 1 fully saturated rings. The Morgan fingerprint density at radius 3 is 2.41 bits per heavy atom. The number of nitrogens with one attached hydrogen (secondary N) is 1. The van der Waals surface area contributed by atoms with Gasteiger partial charge in [0, 0.05) is 29.4 Å². The highest BCUT2D eigenvalue weighted by molar-refractivity contribution is 8.00. The second kappa shape index (κ2) is 10.3. The van der Waals surface area contributed by atoms with Crippen LogP contribution in [0.3, 0.4) is 0 Å². The van der Waals surface area contributed by atoms with Gasteiger partial charge in [-0.05, 0) is 54.8 Å². The number of halogens is 1. The number of anilines is 1. The van der Waals surface area contributed by atoms with Gasteiger partial charge >= 0.3 is 0 Å². The summed E-state index contributed by atoms with van der Waals surface area (Å²) in [6, 6.07) is 13.6. The molecular weight excluding hydrogens is 488 g/mol. The fraction of sp³-hybridized carbons (Fsp3) is 0.286. The van der Waals surface area contributed by atoms with E-state index in [1.807, 2.05) is 24.3 Å². The van der Waals surface area contributed by atoms with Gasteiger partial charge in [0.1, 0.15) is 0 Å². The van der Waals surface area contributed by atoms with Crippen molar-refractivity contribution in [1.29, 1.82) is 0 Å². The molecule has 0 atom stereocenters. The lowest BCUT2D eigenvalue weighted by molar-refractivity contribution is 0.102. The van der Waals surface area contributed by atoms with Crippen LogP contribution in [-0.2, 0) is 15.8 Å². The first-order chi connectivity index (χ1) is 15.4. The van der Waals surface area contributed by atoms with Crippen LogP contribution < -0.4 is 5.32 Å². The number of benzene rings is 2. The molecule has 2 aromatic carbocycles. The highest BCUT2D eigenvalue weighted by Gasteiger charge is 2.26. The van der Waals surface area contributed by atoms with Gasteiger partial charge in [-0.15, -0.1) is 10.2 Å². The van der Waals surface area contributed by atoms with Gasteiger partial charge < -0.3 is 0 Å². The molecule has 32 heavy (non-hydrogen) atoms. The Morgan fingerprint density at radius 2 is 1.72 bits per heavy atom. The zero-order valence-electron chi connectivity index (χ0n) is 17.0. The maximum absolute atomic E-state index is 12.7. The number of rotatable bonds is 7. The van der Waals surface area contributed by atoms with E-state index in [9.17, 15) is 13.2 Å². The molecule has 4 rings (SSSR count). The van der Waals surface area contributed by atoms with Crippen LogP contribution in [0.1, 0.15) is 35.2 Å². The number of thioether (sulfide) groups is 1. The summed E-state index contributed by atoms with van der Waals surface area (Å²) in [6.45, 7) is 1.08. The molecule has 0 saturated carbocycles. The largest absolute Gasteiger partial charge is 0.296 e. The van der Waals surface area contributed by atoms with Crippen molar-refractivity contribution in [3.8, 4) is 0 Å². The van der Waals surface area contributed by atoms with Crippen molar-refractivity contribution >= 4 is 55.8 Å². The van der Waals surface area contributed by atoms with Crippen molar-refractivity contribution in [2.24, 2.45) is 0 Å². The first-order valence-electron chi connectivity index (χ1n) is 10.0. The van der Waals surface area contributed by atoms with E-state index in [1.165, 1.54) is 51.7 Å². The Labute approximate surface area is 200 Å². The van der Waals surface area contributed by atoms with Gasteiger partial charge in [-0.3, -0.25) is 10.1 Å². The van der Waals surface area contributed by atoms with Gasteiger partial charge in [0.2, 0.25) is 15.2 Å². The van der Waals surface area contributed by atoms with E-state index in [-0.39, 0.29) is 10.8 Å². The van der Waals surface area contributed by atoms with Crippen molar-refractivity contribution in [3.63, 3.8) is 0 Å². The van der Waals surface area contributed by atoms with Gasteiger partial charge in [-0.1, -0.05) is 53.3 Å². The molecule has 7 nitrogen and oxygen atoms in total. The summed E-state index contributed by atoms with van der Waals surface area (Å²) < 4.78 is 27.7. The van der Waals surface area contributed by atoms with E-state index in [0.29, 0.717) is 34.6 Å². The number of piperidine rings is 1. The average molecular weight is 509 g/mol. The Bertz CT molecular complexity index is 1180. The molecule has 11 heteroatoms. The summed E-state index contributed by atoms with van der Waals surface area (Å²) >= 11 is 8.70. The van der Waals surface area contributed by atoms with Gasteiger partial charge in [0.25, 0.3) is 5.91 Å². The molecule has 1 aromatic heterocycles. The second-order valence-electron chi connectivity index (χ2n) is 7.23. The number of carbonyl (C=O) groups excluding carboxylic acids is 1. The van der Waals surface area contributed by atoms with E-state index in [2.05, 4.69) is 15.5 Å². The molecule has 1 aliphatic rings. The lowest BCUT2D eigenvalue weighted by atomic mass is 10.2. The Kier molecular flexibility index (Phi) is 7.47. The van der Waals surface area contributed by atoms with Crippen molar-refractivity contribution in [2.45, 2.75) is 34.3 Å². The van der Waals surface area contributed by atoms with Crippen LogP contribution in [0.4, 0.5) is 5.13 Å². The fourth-order valence-electron chi connectivity index (χ4n) is 3.25. The van der Waals surface area contributed by atoms with E-state index in [0.717, 1.165) is 29.2 Å². The van der Waals surface area contributed by atoms with Crippen molar-refractivity contribution in [3.05, 3.63) is 64.7 Å². The maximum Gasteiger partial charge on any atom is 0.257 e. The summed E-state index contributed by atoms with van der Waals surface area (Å²) in [7, 11) is -3.52. The summed E-state index contributed by atoms with van der Waals surface area (Å²) in [5.41, 5.74) is 1.47. The number of amides is 1. The monoisotopic (exact) mass is 508 g/mol. The molecule has 1 saturated heterocycles. The standard InChI is InChI=1S/C21H21ClN4O3S3/c22-17-8-4-15(5-9-17)14-30-21-25-24-20(31-21)23-19(27)16-6-10-18(11-7-16)32(28,29)26-12-2-1-3-13-26/h4-11H,1-3,12-14H2,(H,23,24,27). The number of nitrogens with zero attached hydrogens (tertiary/aromatic N) is 3. The lowest BCUT2D eigenvalue weighted by Crippen LogP contribution is -2.35. The van der Waals surface area contributed by atoms with Crippen LogP contribution in [0.25, 0.3) is 0 Å².